The Morgan fingerprint density at radius 3 is 2.33 bits per heavy atom. The molecule has 4 heteroatoms. The van der Waals surface area contributed by atoms with Crippen LogP contribution in [0.2, 0.25) is 0 Å². The van der Waals surface area contributed by atoms with E-state index in [9.17, 15) is 9.59 Å². The Kier molecular flexibility index (Phi) is 10.5. The summed E-state index contributed by atoms with van der Waals surface area (Å²) in [5, 5.41) is 0. The molecule has 1 aromatic rings. The van der Waals surface area contributed by atoms with Gasteiger partial charge in [-0.1, -0.05) is 43.2 Å². The molecule has 0 bridgehead atoms. The Balaban J connectivity index is 0. The molecule has 0 saturated carbocycles. The Morgan fingerprint density at radius 2 is 1.87 bits per heavy atom. The zero-order chi connectivity index (χ0) is 9.68. The van der Waals surface area contributed by atoms with Gasteiger partial charge in [-0.2, -0.15) is 0 Å². The molecular weight excluding hydrogens is 324 g/mol. The van der Waals surface area contributed by atoms with Crippen molar-refractivity contribution in [3.63, 3.8) is 0 Å². The Hall–Kier alpha value is -0.129. The van der Waals surface area contributed by atoms with E-state index in [1.165, 1.54) is 0 Å². The molecule has 2 N–H and O–H groups in total. The summed E-state index contributed by atoms with van der Waals surface area (Å²) in [5.41, 5.74) is 0.939. The average Bonchev–Trinajstić information content (AvgIpc) is 2.18. The Labute approximate surface area is 122 Å². The molecule has 1 unspecified atom stereocenters. The van der Waals surface area contributed by atoms with E-state index < -0.39 is 5.92 Å². The van der Waals surface area contributed by atoms with Gasteiger partial charge >= 0.3 is 0 Å². The SMILES string of the molecule is CC([C-]=O)C(=O)Cc1ccccc1.O.[Nd]. The van der Waals surface area contributed by atoms with Crippen LogP contribution in [0.1, 0.15) is 12.5 Å². The summed E-state index contributed by atoms with van der Waals surface area (Å²) >= 11 is 0. The second kappa shape index (κ2) is 9.12. The van der Waals surface area contributed by atoms with Crippen LogP contribution in [-0.4, -0.2) is 17.5 Å². The third-order valence-electron chi connectivity index (χ3n) is 1.88. The second-order valence-electron chi connectivity index (χ2n) is 2.97. The van der Waals surface area contributed by atoms with Crippen LogP contribution in [0.5, 0.6) is 0 Å². The summed E-state index contributed by atoms with van der Waals surface area (Å²) in [6.45, 7) is 1.57. The van der Waals surface area contributed by atoms with Crippen molar-refractivity contribution in [1.82, 2.24) is 0 Å². The summed E-state index contributed by atoms with van der Waals surface area (Å²) in [7, 11) is 0. The van der Waals surface area contributed by atoms with Crippen LogP contribution in [0.3, 0.4) is 0 Å². The number of rotatable bonds is 4. The van der Waals surface area contributed by atoms with Crippen LogP contribution in [0.25, 0.3) is 0 Å². The van der Waals surface area contributed by atoms with E-state index in [1.807, 2.05) is 30.3 Å². The van der Waals surface area contributed by atoms with E-state index in [0.29, 0.717) is 6.42 Å². The van der Waals surface area contributed by atoms with Gasteiger partial charge in [0.05, 0.1) is 0 Å². The average molecular weight is 337 g/mol. The first-order valence-corrected chi connectivity index (χ1v) is 4.18. The Bertz CT molecular complexity index is 298. The zero-order valence-corrected chi connectivity index (χ0v) is 11.7. The van der Waals surface area contributed by atoms with Crippen LogP contribution in [-0.2, 0) is 16.0 Å². The minimum atomic E-state index is -0.611. The molecule has 0 amide bonds. The molecule has 0 aromatic heterocycles. The fourth-order valence-corrected chi connectivity index (χ4v) is 1.02. The maximum absolute atomic E-state index is 11.3. The van der Waals surface area contributed by atoms with E-state index in [-0.39, 0.29) is 52.1 Å². The van der Waals surface area contributed by atoms with Crippen molar-refractivity contribution in [3.05, 3.63) is 35.9 Å². The van der Waals surface area contributed by atoms with Gasteiger partial charge in [0.1, 0.15) is 5.78 Å². The van der Waals surface area contributed by atoms with Crippen molar-refractivity contribution in [2.75, 3.05) is 0 Å². The summed E-state index contributed by atoms with van der Waals surface area (Å²) in [4.78, 5) is 21.5. The number of hydrogen-bond donors (Lipinski definition) is 0. The first kappa shape index (κ1) is 17.3. The normalized spacial score (nSPS) is 10.5. The molecule has 0 radical (unpaired) electrons. The summed E-state index contributed by atoms with van der Waals surface area (Å²) in [6.07, 6.45) is 2.00. The molecule has 1 atom stereocenters. The number of carbonyl (C=O) groups is 1. The quantitative estimate of drug-likeness (QED) is 0.600. The van der Waals surface area contributed by atoms with Gasteiger partial charge < -0.3 is 15.1 Å². The van der Waals surface area contributed by atoms with Gasteiger partial charge in [-0.25, -0.2) is 0 Å². The van der Waals surface area contributed by atoms with Crippen LogP contribution in [0.4, 0.5) is 0 Å². The molecule has 1 aromatic carbocycles. The van der Waals surface area contributed by atoms with Gasteiger partial charge in [0.15, 0.2) is 0 Å². The smallest absolute Gasteiger partial charge is 0.113 e. The number of benzene rings is 1. The molecule has 0 aliphatic heterocycles. The summed E-state index contributed by atoms with van der Waals surface area (Å²) in [6, 6.07) is 9.38. The van der Waals surface area contributed by atoms with Gasteiger partial charge in [-0.3, -0.25) is 6.29 Å². The van der Waals surface area contributed by atoms with Crippen molar-refractivity contribution >= 4 is 12.1 Å². The van der Waals surface area contributed by atoms with Gasteiger partial charge in [0.25, 0.3) is 0 Å². The second-order valence-corrected chi connectivity index (χ2v) is 2.97. The molecule has 0 aliphatic rings. The molecule has 80 valence electrons. The number of hydrogen-bond acceptors (Lipinski definition) is 2. The minimum Gasteiger partial charge on any atom is -0.541 e. The van der Waals surface area contributed by atoms with Crippen molar-refractivity contribution in [2.45, 2.75) is 13.3 Å². The van der Waals surface area contributed by atoms with E-state index in [4.69, 9.17) is 0 Å². The molecule has 0 heterocycles. The fourth-order valence-electron chi connectivity index (χ4n) is 1.02. The summed E-state index contributed by atoms with van der Waals surface area (Å²) < 4.78 is 0. The molecule has 0 spiro atoms. The van der Waals surface area contributed by atoms with Crippen LogP contribution in [0, 0.1) is 46.8 Å². The van der Waals surface area contributed by atoms with Crippen LogP contribution < -0.4 is 0 Å². The van der Waals surface area contributed by atoms with E-state index in [2.05, 4.69) is 0 Å². The maximum Gasteiger partial charge on any atom is 0.113 e. The van der Waals surface area contributed by atoms with E-state index in [1.54, 1.807) is 13.2 Å². The van der Waals surface area contributed by atoms with Gasteiger partial charge in [0, 0.05) is 47.3 Å². The third kappa shape index (κ3) is 6.12. The van der Waals surface area contributed by atoms with Crippen molar-refractivity contribution in [2.24, 2.45) is 5.92 Å². The van der Waals surface area contributed by atoms with Crippen molar-refractivity contribution in [3.8, 4) is 0 Å². The first-order valence-electron chi connectivity index (χ1n) is 4.18. The summed E-state index contributed by atoms with van der Waals surface area (Å²) in [5.74, 6) is -0.693. The van der Waals surface area contributed by atoms with Crippen molar-refractivity contribution < 1.29 is 55.9 Å². The van der Waals surface area contributed by atoms with E-state index in [0.717, 1.165) is 5.56 Å². The predicted molar refractivity (Wildman–Crippen MR) is 53.6 cm³/mol. The molecule has 1 rings (SSSR count). The van der Waals surface area contributed by atoms with Gasteiger partial charge in [0.2, 0.25) is 0 Å². The van der Waals surface area contributed by atoms with E-state index >= 15 is 0 Å². The number of Topliss-reactive ketones (excluding diaryl/α,β-unsaturated/α-hetero) is 1. The monoisotopic (exact) mass is 335 g/mol. The fraction of sp³-hybridized carbons (Fsp3) is 0.273. The third-order valence-corrected chi connectivity index (χ3v) is 1.88. The first-order chi connectivity index (χ1) is 6.24. The van der Waals surface area contributed by atoms with Crippen LogP contribution in [0.15, 0.2) is 30.3 Å². The topological polar surface area (TPSA) is 65.6 Å². The molecular formula is C11H13NdO3-. The maximum atomic E-state index is 11.3. The Morgan fingerprint density at radius 1 is 1.33 bits per heavy atom. The molecule has 0 fully saturated rings. The number of ketones is 1. The predicted octanol–water partition coefficient (Wildman–Crippen LogP) is 0.719. The number of carbonyl (C=O) groups excluding carboxylic acids is 2. The zero-order valence-electron chi connectivity index (χ0n) is 8.49. The van der Waals surface area contributed by atoms with Gasteiger partial charge in [-0.05, 0) is 5.56 Å². The largest absolute Gasteiger partial charge is 0.541 e. The van der Waals surface area contributed by atoms with Gasteiger partial charge in [-0.15, -0.1) is 0 Å². The molecule has 15 heavy (non-hydrogen) atoms. The van der Waals surface area contributed by atoms with Crippen LogP contribution >= 0.6 is 0 Å². The molecule has 0 saturated heterocycles. The standard InChI is InChI=1S/C11H11O2.Nd.H2O/c1-9(8-12)11(13)7-10-5-3-2-4-6-10;;/h2-6,9H,7H2,1H3;;1H2/q-1;;. The molecule has 0 aliphatic carbocycles. The molecule has 3 nitrogen and oxygen atoms in total. The van der Waals surface area contributed by atoms with Crippen molar-refractivity contribution in [1.29, 1.82) is 0 Å². The minimum absolute atomic E-state index is 0.